The molecular formula is C15H14BrF3N2. The van der Waals surface area contributed by atoms with Gasteiger partial charge in [-0.3, -0.25) is 4.98 Å². The van der Waals surface area contributed by atoms with Crippen molar-refractivity contribution in [1.29, 1.82) is 0 Å². The lowest BCUT2D eigenvalue weighted by atomic mass is 10.0. The maximum absolute atomic E-state index is 12.5. The second kappa shape index (κ2) is 6.58. The fourth-order valence-corrected chi connectivity index (χ4v) is 2.46. The molecule has 2 rings (SSSR count). The summed E-state index contributed by atoms with van der Waals surface area (Å²) < 4.78 is 38.6. The van der Waals surface area contributed by atoms with Gasteiger partial charge in [0.25, 0.3) is 0 Å². The average molecular weight is 359 g/mol. The molecule has 21 heavy (non-hydrogen) atoms. The van der Waals surface area contributed by atoms with Gasteiger partial charge in [-0.1, -0.05) is 34.1 Å². The maximum atomic E-state index is 12.5. The lowest BCUT2D eigenvalue weighted by Crippen LogP contribution is -2.20. The summed E-state index contributed by atoms with van der Waals surface area (Å²) in [4.78, 5) is 3.94. The van der Waals surface area contributed by atoms with Crippen molar-refractivity contribution in [3.8, 4) is 0 Å². The van der Waals surface area contributed by atoms with Gasteiger partial charge in [-0.25, -0.2) is 0 Å². The van der Waals surface area contributed by atoms with E-state index in [1.54, 1.807) is 7.05 Å². The second-order valence-electron chi connectivity index (χ2n) is 4.61. The normalized spacial score (nSPS) is 13.2. The Kier molecular flexibility index (Phi) is 5.00. The van der Waals surface area contributed by atoms with E-state index in [0.717, 1.165) is 22.3 Å². The molecule has 1 aromatic carbocycles. The van der Waals surface area contributed by atoms with Crippen LogP contribution < -0.4 is 5.32 Å². The third-order valence-electron chi connectivity index (χ3n) is 3.20. The average Bonchev–Trinajstić information content (AvgIpc) is 2.46. The molecule has 1 aromatic heterocycles. The highest BCUT2D eigenvalue weighted by Crippen LogP contribution is 2.29. The van der Waals surface area contributed by atoms with Crippen LogP contribution in [-0.4, -0.2) is 12.0 Å². The zero-order valence-electron chi connectivity index (χ0n) is 11.3. The minimum atomic E-state index is -4.36. The fourth-order valence-electron chi connectivity index (χ4n) is 2.02. The van der Waals surface area contributed by atoms with E-state index in [1.165, 1.54) is 6.07 Å². The summed E-state index contributed by atoms with van der Waals surface area (Å²) in [6.07, 6.45) is -2.85. The van der Waals surface area contributed by atoms with Gasteiger partial charge < -0.3 is 5.32 Å². The molecule has 1 heterocycles. The minimum absolute atomic E-state index is 0.147. The van der Waals surface area contributed by atoms with Crippen molar-refractivity contribution >= 4 is 15.9 Å². The van der Waals surface area contributed by atoms with E-state index >= 15 is 0 Å². The summed E-state index contributed by atoms with van der Waals surface area (Å²) in [5.41, 5.74) is 0.918. The Bertz CT molecular complexity index is 597. The number of rotatable bonds is 4. The Labute approximate surface area is 129 Å². The van der Waals surface area contributed by atoms with Crippen LogP contribution in [0, 0.1) is 0 Å². The van der Waals surface area contributed by atoms with Crippen molar-refractivity contribution < 1.29 is 13.2 Å². The van der Waals surface area contributed by atoms with Crippen LogP contribution in [0.25, 0.3) is 0 Å². The Hall–Kier alpha value is -1.40. The van der Waals surface area contributed by atoms with Crippen LogP contribution in [-0.2, 0) is 12.6 Å². The summed E-state index contributed by atoms with van der Waals surface area (Å²) in [7, 11) is 1.76. The molecule has 1 N–H and O–H groups in total. The van der Waals surface area contributed by atoms with Gasteiger partial charge >= 0.3 is 6.18 Å². The number of aromatic nitrogens is 1. The van der Waals surface area contributed by atoms with E-state index in [2.05, 4.69) is 26.2 Å². The van der Waals surface area contributed by atoms with Gasteiger partial charge in [-0.05, 0) is 37.2 Å². The molecule has 0 saturated carbocycles. The predicted octanol–water partition coefficient (Wildman–Crippen LogP) is 4.37. The third-order valence-corrected chi connectivity index (χ3v) is 3.97. The number of halogens is 4. The molecule has 2 aromatic rings. The highest BCUT2D eigenvalue weighted by molar-refractivity contribution is 9.10. The Morgan fingerprint density at radius 3 is 2.43 bits per heavy atom. The van der Waals surface area contributed by atoms with Crippen molar-refractivity contribution in [2.45, 2.75) is 18.6 Å². The summed E-state index contributed by atoms with van der Waals surface area (Å²) in [5, 5.41) is 3.09. The van der Waals surface area contributed by atoms with Crippen LogP contribution >= 0.6 is 15.9 Å². The van der Waals surface area contributed by atoms with Crippen molar-refractivity contribution in [3.63, 3.8) is 0 Å². The van der Waals surface area contributed by atoms with Gasteiger partial charge in [0.15, 0.2) is 0 Å². The van der Waals surface area contributed by atoms with Gasteiger partial charge in [0.05, 0.1) is 17.3 Å². The van der Waals surface area contributed by atoms with E-state index in [-0.39, 0.29) is 6.04 Å². The number of pyridine rings is 1. The van der Waals surface area contributed by atoms with Gasteiger partial charge in [-0.2, -0.15) is 13.2 Å². The zero-order valence-corrected chi connectivity index (χ0v) is 12.9. The third kappa shape index (κ3) is 4.04. The molecule has 0 aliphatic rings. The molecule has 0 aliphatic carbocycles. The Morgan fingerprint density at radius 2 is 1.90 bits per heavy atom. The molecule has 0 radical (unpaired) electrons. The summed E-state index contributed by atoms with van der Waals surface area (Å²) in [5.74, 6) is 0. The van der Waals surface area contributed by atoms with Crippen molar-refractivity contribution in [3.05, 3.63) is 63.9 Å². The molecule has 1 unspecified atom stereocenters. The SMILES string of the molecule is CNC(Cc1ccccc1Br)c1ccc(C(F)(F)F)cn1. The molecule has 0 fully saturated rings. The van der Waals surface area contributed by atoms with Gasteiger partial charge in [0.2, 0.25) is 0 Å². The smallest absolute Gasteiger partial charge is 0.311 e. The molecule has 0 amide bonds. The number of likely N-dealkylation sites (N-methyl/N-ethyl adjacent to an activating group) is 1. The zero-order chi connectivity index (χ0) is 15.5. The molecule has 1 atom stereocenters. The van der Waals surface area contributed by atoms with Crippen LogP contribution in [0.1, 0.15) is 22.9 Å². The van der Waals surface area contributed by atoms with Crippen LogP contribution in [0.2, 0.25) is 0 Å². The number of hydrogen-bond acceptors (Lipinski definition) is 2. The van der Waals surface area contributed by atoms with Gasteiger partial charge in [-0.15, -0.1) is 0 Å². The molecule has 112 valence electrons. The molecule has 2 nitrogen and oxygen atoms in total. The van der Waals surface area contributed by atoms with Gasteiger partial charge in [0.1, 0.15) is 0 Å². The van der Waals surface area contributed by atoms with E-state index in [1.807, 2.05) is 24.3 Å². The van der Waals surface area contributed by atoms with Crippen LogP contribution in [0.4, 0.5) is 13.2 Å². The van der Waals surface area contributed by atoms with Gasteiger partial charge in [0, 0.05) is 10.7 Å². The minimum Gasteiger partial charge on any atom is -0.311 e. The lowest BCUT2D eigenvalue weighted by molar-refractivity contribution is -0.137. The molecular weight excluding hydrogens is 345 g/mol. The predicted molar refractivity (Wildman–Crippen MR) is 78.9 cm³/mol. The first-order valence-corrected chi connectivity index (χ1v) is 7.15. The molecule has 0 bridgehead atoms. The number of nitrogens with one attached hydrogen (secondary N) is 1. The van der Waals surface area contributed by atoms with Crippen LogP contribution in [0.5, 0.6) is 0 Å². The number of benzene rings is 1. The molecule has 6 heteroatoms. The maximum Gasteiger partial charge on any atom is 0.417 e. The quantitative estimate of drug-likeness (QED) is 0.877. The Balaban J connectivity index is 2.20. The first kappa shape index (κ1) is 16.0. The number of hydrogen-bond donors (Lipinski definition) is 1. The van der Waals surface area contributed by atoms with Crippen LogP contribution in [0.3, 0.4) is 0 Å². The lowest BCUT2D eigenvalue weighted by Gasteiger charge is -2.17. The highest BCUT2D eigenvalue weighted by atomic mass is 79.9. The highest BCUT2D eigenvalue weighted by Gasteiger charge is 2.30. The largest absolute Gasteiger partial charge is 0.417 e. The number of alkyl halides is 3. The van der Waals surface area contributed by atoms with E-state index in [9.17, 15) is 13.2 Å². The first-order valence-electron chi connectivity index (χ1n) is 6.35. The standard InChI is InChI=1S/C15H14BrF3N2/c1-20-14(8-10-4-2-3-5-12(10)16)13-7-6-11(9-21-13)15(17,18)19/h2-7,9,14,20H,8H2,1H3. The van der Waals surface area contributed by atoms with E-state index in [0.29, 0.717) is 12.1 Å². The Morgan fingerprint density at radius 1 is 1.19 bits per heavy atom. The first-order chi connectivity index (χ1) is 9.91. The number of nitrogens with zero attached hydrogens (tertiary/aromatic N) is 1. The second-order valence-corrected chi connectivity index (χ2v) is 5.46. The molecule has 0 saturated heterocycles. The summed E-state index contributed by atoms with van der Waals surface area (Å²) in [6, 6.07) is 10.1. The molecule has 0 aliphatic heterocycles. The fraction of sp³-hybridized carbons (Fsp3) is 0.267. The summed E-state index contributed by atoms with van der Waals surface area (Å²) >= 11 is 3.47. The molecule has 0 spiro atoms. The summed E-state index contributed by atoms with van der Waals surface area (Å²) in [6.45, 7) is 0. The van der Waals surface area contributed by atoms with Crippen molar-refractivity contribution in [2.75, 3.05) is 7.05 Å². The van der Waals surface area contributed by atoms with Crippen molar-refractivity contribution in [2.24, 2.45) is 0 Å². The topological polar surface area (TPSA) is 24.9 Å². The van der Waals surface area contributed by atoms with E-state index in [4.69, 9.17) is 0 Å². The van der Waals surface area contributed by atoms with Crippen LogP contribution in [0.15, 0.2) is 47.1 Å². The monoisotopic (exact) mass is 358 g/mol. The van der Waals surface area contributed by atoms with Crippen molar-refractivity contribution in [1.82, 2.24) is 10.3 Å². The van der Waals surface area contributed by atoms with E-state index < -0.39 is 11.7 Å².